The van der Waals surface area contributed by atoms with Crippen LogP contribution in [-0.4, -0.2) is 19.0 Å². The molecular weight excluding hydrogens is 246 g/mol. The molecular formula is C10H14BrNO2. The maximum absolute atomic E-state index is 5.52. The molecule has 0 radical (unpaired) electrons. The third kappa shape index (κ3) is 2.89. The minimum absolute atomic E-state index is 0.509. The summed E-state index contributed by atoms with van der Waals surface area (Å²) in [4.78, 5) is 0. The van der Waals surface area contributed by atoms with E-state index in [1.807, 2.05) is 18.2 Å². The molecule has 0 spiro atoms. The molecule has 0 bridgehead atoms. The van der Waals surface area contributed by atoms with Crippen LogP contribution in [-0.2, 0) is 6.54 Å². The zero-order valence-electron chi connectivity index (χ0n) is 8.13. The molecule has 1 aromatic rings. The van der Waals surface area contributed by atoms with Gasteiger partial charge in [0, 0.05) is 11.9 Å². The summed E-state index contributed by atoms with van der Waals surface area (Å²) in [5.74, 6) is 1.48. The van der Waals surface area contributed by atoms with Crippen LogP contribution >= 0.6 is 15.9 Å². The molecule has 0 aliphatic rings. The Balaban J connectivity index is 2.82. The number of halogens is 1. The molecule has 2 N–H and O–H groups in total. The van der Waals surface area contributed by atoms with Crippen molar-refractivity contribution in [1.82, 2.24) is 0 Å². The van der Waals surface area contributed by atoms with Crippen LogP contribution < -0.4 is 15.2 Å². The van der Waals surface area contributed by atoms with Gasteiger partial charge in [-0.15, -0.1) is 0 Å². The molecule has 0 atom stereocenters. The molecule has 0 saturated heterocycles. The number of ether oxygens (including phenoxy) is 2. The molecule has 1 aromatic carbocycles. The van der Waals surface area contributed by atoms with Gasteiger partial charge in [-0.25, -0.2) is 0 Å². The second kappa shape index (κ2) is 5.88. The Labute approximate surface area is 92.3 Å². The highest BCUT2D eigenvalue weighted by Crippen LogP contribution is 2.27. The average Bonchev–Trinajstić information content (AvgIpc) is 2.26. The lowest BCUT2D eigenvalue weighted by Crippen LogP contribution is -2.02. The molecule has 0 saturated carbocycles. The summed E-state index contributed by atoms with van der Waals surface area (Å²) >= 11 is 3.30. The Kier molecular flexibility index (Phi) is 4.76. The van der Waals surface area contributed by atoms with Gasteiger partial charge in [-0.05, 0) is 17.7 Å². The van der Waals surface area contributed by atoms with Gasteiger partial charge >= 0.3 is 0 Å². The van der Waals surface area contributed by atoms with Crippen molar-refractivity contribution in [2.45, 2.75) is 6.54 Å². The van der Waals surface area contributed by atoms with Gasteiger partial charge in [-0.3, -0.25) is 0 Å². The minimum Gasteiger partial charge on any atom is -0.493 e. The second-order valence-corrected chi connectivity index (χ2v) is 3.52. The molecule has 4 heteroatoms. The standard InChI is InChI=1S/C10H14BrNO2/c1-13-10-6-8(7-12)2-3-9(10)14-5-4-11/h2-3,6H,4-5,7,12H2,1H3. The fourth-order valence-electron chi connectivity index (χ4n) is 1.11. The van der Waals surface area contributed by atoms with E-state index in [0.717, 1.165) is 22.4 Å². The van der Waals surface area contributed by atoms with E-state index in [0.29, 0.717) is 13.2 Å². The van der Waals surface area contributed by atoms with E-state index in [2.05, 4.69) is 15.9 Å². The van der Waals surface area contributed by atoms with Crippen LogP contribution in [0.5, 0.6) is 11.5 Å². The first-order chi connectivity index (χ1) is 6.81. The van der Waals surface area contributed by atoms with Crippen LogP contribution in [0, 0.1) is 0 Å². The topological polar surface area (TPSA) is 44.5 Å². The van der Waals surface area contributed by atoms with Crippen molar-refractivity contribution in [1.29, 1.82) is 0 Å². The highest BCUT2D eigenvalue weighted by molar-refractivity contribution is 9.09. The van der Waals surface area contributed by atoms with Crippen LogP contribution in [0.1, 0.15) is 5.56 Å². The van der Waals surface area contributed by atoms with Gasteiger partial charge in [-0.2, -0.15) is 0 Å². The van der Waals surface area contributed by atoms with Crippen molar-refractivity contribution >= 4 is 15.9 Å². The Hall–Kier alpha value is -0.740. The monoisotopic (exact) mass is 259 g/mol. The molecule has 0 aliphatic heterocycles. The molecule has 14 heavy (non-hydrogen) atoms. The Morgan fingerprint density at radius 2 is 2.14 bits per heavy atom. The number of hydrogen-bond acceptors (Lipinski definition) is 3. The first-order valence-electron chi connectivity index (χ1n) is 4.37. The summed E-state index contributed by atoms with van der Waals surface area (Å²) in [7, 11) is 1.62. The summed E-state index contributed by atoms with van der Waals surface area (Å²) in [5.41, 5.74) is 6.55. The van der Waals surface area contributed by atoms with Crippen molar-refractivity contribution in [2.75, 3.05) is 19.0 Å². The number of methoxy groups -OCH3 is 1. The van der Waals surface area contributed by atoms with Crippen molar-refractivity contribution in [2.24, 2.45) is 5.73 Å². The van der Waals surface area contributed by atoms with Gasteiger partial charge in [0.2, 0.25) is 0 Å². The fourth-order valence-corrected chi connectivity index (χ4v) is 1.27. The van der Waals surface area contributed by atoms with E-state index in [4.69, 9.17) is 15.2 Å². The Morgan fingerprint density at radius 3 is 2.71 bits per heavy atom. The summed E-state index contributed by atoms with van der Waals surface area (Å²) in [6.07, 6.45) is 0. The van der Waals surface area contributed by atoms with Gasteiger partial charge < -0.3 is 15.2 Å². The van der Waals surface area contributed by atoms with Crippen LogP contribution in [0.4, 0.5) is 0 Å². The lowest BCUT2D eigenvalue weighted by atomic mass is 10.2. The van der Waals surface area contributed by atoms with Crippen LogP contribution in [0.2, 0.25) is 0 Å². The zero-order valence-corrected chi connectivity index (χ0v) is 9.71. The molecule has 0 aromatic heterocycles. The zero-order chi connectivity index (χ0) is 10.4. The van der Waals surface area contributed by atoms with Gasteiger partial charge in [0.05, 0.1) is 13.7 Å². The number of rotatable bonds is 5. The minimum atomic E-state index is 0.509. The first kappa shape index (κ1) is 11.3. The number of alkyl halides is 1. The predicted octanol–water partition coefficient (Wildman–Crippen LogP) is 1.93. The van der Waals surface area contributed by atoms with Crippen LogP contribution in [0.25, 0.3) is 0 Å². The van der Waals surface area contributed by atoms with Gasteiger partial charge in [-0.1, -0.05) is 22.0 Å². The van der Waals surface area contributed by atoms with Crippen molar-refractivity contribution in [3.63, 3.8) is 0 Å². The van der Waals surface area contributed by atoms with E-state index < -0.39 is 0 Å². The molecule has 3 nitrogen and oxygen atoms in total. The SMILES string of the molecule is COc1cc(CN)ccc1OCCBr. The van der Waals surface area contributed by atoms with Crippen LogP contribution in [0.15, 0.2) is 18.2 Å². The third-order valence-electron chi connectivity index (χ3n) is 1.80. The summed E-state index contributed by atoms with van der Waals surface area (Å²) in [6.45, 7) is 1.13. The molecule has 0 amide bonds. The quantitative estimate of drug-likeness (QED) is 0.823. The van der Waals surface area contributed by atoms with E-state index in [1.165, 1.54) is 0 Å². The average molecular weight is 260 g/mol. The number of nitrogens with two attached hydrogens (primary N) is 1. The van der Waals surface area contributed by atoms with Crippen molar-refractivity contribution in [3.05, 3.63) is 23.8 Å². The third-order valence-corrected chi connectivity index (χ3v) is 2.12. The molecule has 0 unspecified atom stereocenters. The first-order valence-corrected chi connectivity index (χ1v) is 5.49. The lowest BCUT2D eigenvalue weighted by molar-refractivity contribution is 0.314. The second-order valence-electron chi connectivity index (χ2n) is 2.73. The molecule has 0 heterocycles. The highest BCUT2D eigenvalue weighted by atomic mass is 79.9. The Bertz CT molecular complexity index is 291. The normalized spacial score (nSPS) is 9.93. The van der Waals surface area contributed by atoms with E-state index in [1.54, 1.807) is 7.11 Å². The molecule has 1 rings (SSSR count). The fraction of sp³-hybridized carbons (Fsp3) is 0.400. The van der Waals surface area contributed by atoms with Crippen molar-refractivity contribution in [3.8, 4) is 11.5 Å². The van der Waals surface area contributed by atoms with Gasteiger partial charge in [0.25, 0.3) is 0 Å². The molecule has 78 valence electrons. The van der Waals surface area contributed by atoms with E-state index >= 15 is 0 Å². The van der Waals surface area contributed by atoms with Crippen molar-refractivity contribution < 1.29 is 9.47 Å². The van der Waals surface area contributed by atoms with E-state index in [9.17, 15) is 0 Å². The largest absolute Gasteiger partial charge is 0.493 e. The summed E-state index contributed by atoms with van der Waals surface area (Å²) < 4.78 is 10.7. The lowest BCUT2D eigenvalue weighted by Gasteiger charge is -2.10. The maximum atomic E-state index is 5.52. The Morgan fingerprint density at radius 1 is 1.36 bits per heavy atom. The molecule has 0 fully saturated rings. The highest BCUT2D eigenvalue weighted by Gasteiger charge is 2.04. The summed E-state index contributed by atoms with van der Waals surface area (Å²) in [6, 6.07) is 5.71. The number of benzene rings is 1. The van der Waals surface area contributed by atoms with Crippen LogP contribution in [0.3, 0.4) is 0 Å². The van der Waals surface area contributed by atoms with Gasteiger partial charge in [0.1, 0.15) is 0 Å². The summed E-state index contributed by atoms with van der Waals surface area (Å²) in [5, 5.41) is 0.800. The smallest absolute Gasteiger partial charge is 0.161 e. The number of hydrogen-bond donors (Lipinski definition) is 1. The molecule has 0 aliphatic carbocycles. The maximum Gasteiger partial charge on any atom is 0.161 e. The van der Waals surface area contributed by atoms with Gasteiger partial charge in [0.15, 0.2) is 11.5 Å². The van der Waals surface area contributed by atoms with E-state index in [-0.39, 0.29) is 0 Å². The predicted molar refractivity (Wildman–Crippen MR) is 60.2 cm³/mol.